The van der Waals surface area contributed by atoms with E-state index in [2.05, 4.69) is 31.1 Å². The summed E-state index contributed by atoms with van der Waals surface area (Å²) in [6.07, 6.45) is 0. The summed E-state index contributed by atoms with van der Waals surface area (Å²) in [6.45, 7) is 6.63. The van der Waals surface area contributed by atoms with Crippen LogP contribution < -0.4 is 11.5 Å². The molecule has 4 N–H and O–H groups in total. The van der Waals surface area contributed by atoms with Crippen molar-refractivity contribution in [3.8, 4) is 11.5 Å². The number of anilines is 2. The normalized spacial score (nSPS) is 10.5. The lowest BCUT2D eigenvalue weighted by atomic mass is 10.2. The van der Waals surface area contributed by atoms with Crippen molar-refractivity contribution in [2.75, 3.05) is 11.5 Å². The first kappa shape index (κ1) is 10.7. The molecule has 0 amide bonds. The Morgan fingerprint density at radius 3 is 2.21 bits per heavy atom. The first-order valence-electron chi connectivity index (χ1n) is 4.57. The molecule has 0 saturated carbocycles. The molecule has 0 saturated heterocycles. The van der Waals surface area contributed by atoms with E-state index in [-0.39, 0.29) is 0 Å². The largest absolute Gasteiger partial charge is 0.397 e. The van der Waals surface area contributed by atoms with Crippen LogP contribution in [0.15, 0.2) is 18.2 Å². The molecule has 0 bridgehead atoms. The van der Waals surface area contributed by atoms with Gasteiger partial charge in [-0.3, -0.25) is 0 Å². The number of benzene rings is 1. The second-order valence-electron chi connectivity index (χ2n) is 4.34. The topological polar surface area (TPSA) is 52.0 Å². The van der Waals surface area contributed by atoms with Crippen molar-refractivity contribution in [3.05, 3.63) is 23.8 Å². The van der Waals surface area contributed by atoms with Gasteiger partial charge in [0.15, 0.2) is 0 Å². The van der Waals surface area contributed by atoms with Crippen LogP contribution in [0.25, 0.3) is 0 Å². The standard InChI is InChI=1S/C11H16N2Si/c1-14(2,3)7-6-9-4-5-10(12)11(13)8-9/h4-5,8H,12-13H2,1-3H3. The van der Waals surface area contributed by atoms with Gasteiger partial charge in [-0.15, -0.1) is 5.54 Å². The molecule has 3 heteroatoms. The molecular weight excluding hydrogens is 188 g/mol. The van der Waals surface area contributed by atoms with E-state index in [0.717, 1.165) is 5.56 Å². The summed E-state index contributed by atoms with van der Waals surface area (Å²) in [5.41, 5.74) is 16.7. The molecule has 1 rings (SSSR count). The maximum atomic E-state index is 5.68. The van der Waals surface area contributed by atoms with Gasteiger partial charge in [0.25, 0.3) is 0 Å². The van der Waals surface area contributed by atoms with Crippen LogP contribution in [0, 0.1) is 11.5 Å². The van der Waals surface area contributed by atoms with Crippen molar-refractivity contribution in [2.24, 2.45) is 0 Å². The second kappa shape index (κ2) is 3.77. The molecule has 1 aromatic rings. The fraction of sp³-hybridized carbons (Fsp3) is 0.273. The minimum atomic E-state index is -1.30. The Bertz CT molecular complexity index is 394. The van der Waals surface area contributed by atoms with Crippen LogP contribution in [0.1, 0.15) is 5.56 Å². The molecular formula is C11H16N2Si. The van der Waals surface area contributed by atoms with E-state index in [1.807, 2.05) is 12.1 Å². The summed E-state index contributed by atoms with van der Waals surface area (Å²) in [5, 5.41) is 0. The Balaban J connectivity index is 2.98. The first-order valence-corrected chi connectivity index (χ1v) is 8.07. The lowest BCUT2D eigenvalue weighted by Gasteiger charge is -2.04. The molecule has 0 unspecified atom stereocenters. The van der Waals surface area contributed by atoms with Gasteiger partial charge in [-0.25, -0.2) is 0 Å². The van der Waals surface area contributed by atoms with E-state index < -0.39 is 8.07 Å². The second-order valence-corrected chi connectivity index (χ2v) is 9.09. The zero-order valence-corrected chi connectivity index (χ0v) is 9.89. The Morgan fingerprint density at radius 2 is 1.71 bits per heavy atom. The molecule has 0 heterocycles. The molecule has 0 aliphatic carbocycles. The van der Waals surface area contributed by atoms with E-state index in [1.165, 1.54) is 0 Å². The van der Waals surface area contributed by atoms with Gasteiger partial charge in [-0.2, -0.15) is 0 Å². The van der Waals surface area contributed by atoms with E-state index >= 15 is 0 Å². The smallest absolute Gasteiger partial charge is 0.129 e. The van der Waals surface area contributed by atoms with Gasteiger partial charge in [0.1, 0.15) is 8.07 Å². The average Bonchev–Trinajstić information content (AvgIpc) is 2.06. The van der Waals surface area contributed by atoms with Gasteiger partial charge >= 0.3 is 0 Å². The summed E-state index contributed by atoms with van der Waals surface area (Å²) >= 11 is 0. The van der Waals surface area contributed by atoms with E-state index in [0.29, 0.717) is 11.4 Å². The van der Waals surface area contributed by atoms with Crippen LogP contribution in [0.5, 0.6) is 0 Å². The Kier molecular flexibility index (Phi) is 2.87. The van der Waals surface area contributed by atoms with Gasteiger partial charge in [-0.05, 0) is 18.2 Å². The van der Waals surface area contributed by atoms with Crippen LogP contribution in [0.3, 0.4) is 0 Å². The predicted octanol–water partition coefficient (Wildman–Crippen LogP) is 2.08. The van der Waals surface area contributed by atoms with Crippen molar-refractivity contribution in [1.82, 2.24) is 0 Å². The molecule has 1 aromatic carbocycles. The van der Waals surface area contributed by atoms with Crippen molar-refractivity contribution in [3.63, 3.8) is 0 Å². The molecule has 0 atom stereocenters. The minimum Gasteiger partial charge on any atom is -0.397 e. The van der Waals surface area contributed by atoms with E-state index in [4.69, 9.17) is 11.5 Å². The number of hydrogen-bond acceptors (Lipinski definition) is 2. The number of hydrogen-bond donors (Lipinski definition) is 2. The Hall–Kier alpha value is -1.40. The van der Waals surface area contributed by atoms with Crippen molar-refractivity contribution in [1.29, 1.82) is 0 Å². The molecule has 74 valence electrons. The maximum absolute atomic E-state index is 5.68. The fourth-order valence-electron chi connectivity index (χ4n) is 0.912. The third-order valence-electron chi connectivity index (χ3n) is 1.67. The van der Waals surface area contributed by atoms with Crippen LogP contribution >= 0.6 is 0 Å². The minimum absolute atomic E-state index is 0.604. The third kappa shape index (κ3) is 3.15. The Morgan fingerprint density at radius 1 is 1.07 bits per heavy atom. The zero-order chi connectivity index (χ0) is 10.8. The third-order valence-corrected chi connectivity index (χ3v) is 2.54. The Labute approximate surface area is 86.3 Å². The van der Waals surface area contributed by atoms with Crippen molar-refractivity contribution >= 4 is 19.4 Å². The van der Waals surface area contributed by atoms with Gasteiger partial charge in [-0.1, -0.05) is 25.6 Å². The van der Waals surface area contributed by atoms with Gasteiger partial charge in [0.2, 0.25) is 0 Å². The summed E-state index contributed by atoms with van der Waals surface area (Å²) in [7, 11) is -1.30. The lowest BCUT2D eigenvalue weighted by molar-refractivity contribution is 1.62. The van der Waals surface area contributed by atoms with Crippen LogP contribution in [0.2, 0.25) is 19.6 Å². The first-order chi connectivity index (χ1) is 6.38. The van der Waals surface area contributed by atoms with Crippen LogP contribution in [0.4, 0.5) is 11.4 Å². The molecule has 0 aromatic heterocycles. The highest BCUT2D eigenvalue weighted by Gasteiger charge is 2.07. The molecule has 2 nitrogen and oxygen atoms in total. The molecule has 0 aliphatic heterocycles. The molecule has 0 fully saturated rings. The average molecular weight is 204 g/mol. The molecule has 0 spiro atoms. The highest BCUT2D eigenvalue weighted by molar-refractivity contribution is 6.83. The molecule has 14 heavy (non-hydrogen) atoms. The van der Waals surface area contributed by atoms with E-state index in [1.54, 1.807) is 6.07 Å². The number of nitrogen functional groups attached to an aromatic ring is 2. The number of nitrogens with two attached hydrogens (primary N) is 2. The molecule has 0 radical (unpaired) electrons. The van der Waals surface area contributed by atoms with Crippen LogP contribution in [-0.2, 0) is 0 Å². The van der Waals surface area contributed by atoms with E-state index in [9.17, 15) is 0 Å². The highest BCUT2D eigenvalue weighted by Crippen LogP contribution is 2.15. The quantitative estimate of drug-likeness (QED) is 0.386. The maximum Gasteiger partial charge on any atom is 0.129 e. The van der Waals surface area contributed by atoms with Gasteiger partial charge in [0, 0.05) is 5.56 Å². The highest BCUT2D eigenvalue weighted by atomic mass is 28.3. The summed E-state index contributed by atoms with van der Waals surface area (Å²) in [5.74, 6) is 3.13. The summed E-state index contributed by atoms with van der Waals surface area (Å²) in [6, 6.07) is 5.52. The van der Waals surface area contributed by atoms with Crippen LogP contribution in [-0.4, -0.2) is 8.07 Å². The summed E-state index contributed by atoms with van der Waals surface area (Å²) in [4.78, 5) is 0. The number of rotatable bonds is 0. The van der Waals surface area contributed by atoms with Crippen molar-refractivity contribution in [2.45, 2.75) is 19.6 Å². The molecule has 0 aliphatic rings. The lowest BCUT2D eigenvalue weighted by Crippen LogP contribution is -2.16. The van der Waals surface area contributed by atoms with Gasteiger partial charge < -0.3 is 11.5 Å². The monoisotopic (exact) mass is 204 g/mol. The SMILES string of the molecule is C[Si](C)(C)C#Cc1ccc(N)c(N)c1. The summed E-state index contributed by atoms with van der Waals surface area (Å²) < 4.78 is 0. The van der Waals surface area contributed by atoms with Gasteiger partial charge in [0.05, 0.1) is 11.4 Å². The van der Waals surface area contributed by atoms with Crippen molar-refractivity contribution < 1.29 is 0 Å². The fourth-order valence-corrected chi connectivity index (χ4v) is 1.43. The zero-order valence-electron chi connectivity index (χ0n) is 8.89. The predicted molar refractivity (Wildman–Crippen MR) is 65.5 cm³/mol.